The molecule has 2 aliphatic rings. The second kappa shape index (κ2) is 11.9. The van der Waals surface area contributed by atoms with Crippen LogP contribution in [0.5, 0.6) is 0 Å². The molecule has 9 heteroatoms. The van der Waals surface area contributed by atoms with E-state index in [4.69, 9.17) is 0 Å². The van der Waals surface area contributed by atoms with E-state index in [1.807, 2.05) is 19.1 Å². The summed E-state index contributed by atoms with van der Waals surface area (Å²) in [6.45, 7) is 2.31. The first-order valence-electron chi connectivity index (χ1n) is 12.7. The summed E-state index contributed by atoms with van der Waals surface area (Å²) in [5, 5.41) is 12.5. The van der Waals surface area contributed by atoms with E-state index in [2.05, 4.69) is 21.2 Å². The molecule has 2 atom stereocenters. The lowest BCUT2D eigenvalue weighted by atomic mass is 9.82. The number of carbonyl (C=O) groups is 4. The van der Waals surface area contributed by atoms with Crippen LogP contribution in [-0.4, -0.2) is 63.9 Å². The van der Waals surface area contributed by atoms with Crippen molar-refractivity contribution in [3.05, 3.63) is 69.7 Å². The molecule has 0 spiro atoms. The second-order valence-corrected chi connectivity index (χ2v) is 10.8. The van der Waals surface area contributed by atoms with Gasteiger partial charge in [-0.2, -0.15) is 0 Å². The number of hydrogen-bond donors (Lipinski definition) is 2. The zero-order chi connectivity index (χ0) is 26.5. The molecule has 1 heterocycles. The van der Waals surface area contributed by atoms with Crippen LogP contribution in [0.4, 0.5) is 0 Å². The van der Waals surface area contributed by atoms with Crippen molar-refractivity contribution in [3.8, 4) is 0 Å². The Hall–Kier alpha value is -3.20. The van der Waals surface area contributed by atoms with Crippen molar-refractivity contribution in [1.29, 1.82) is 0 Å². The SMILES string of the molecule is Cc1ccc(C(=O)N2CCN(C(=O)c3ccc(Br)cc3)C2C(=O)NC(CC(=O)O)C2CCCCC2)cc1. The van der Waals surface area contributed by atoms with Crippen LogP contribution in [0.25, 0.3) is 0 Å². The Morgan fingerprint density at radius 2 is 1.41 bits per heavy atom. The van der Waals surface area contributed by atoms with Crippen molar-refractivity contribution < 1.29 is 24.3 Å². The first kappa shape index (κ1) is 26.9. The van der Waals surface area contributed by atoms with Gasteiger partial charge in [0, 0.05) is 34.7 Å². The molecule has 37 heavy (non-hydrogen) atoms. The third-order valence-corrected chi connectivity index (χ3v) is 7.79. The van der Waals surface area contributed by atoms with Gasteiger partial charge in [0.15, 0.2) is 6.17 Å². The molecule has 0 radical (unpaired) electrons. The van der Waals surface area contributed by atoms with E-state index in [1.165, 1.54) is 9.80 Å². The summed E-state index contributed by atoms with van der Waals surface area (Å²) in [5.74, 6) is -2.18. The lowest BCUT2D eigenvalue weighted by Gasteiger charge is -2.34. The molecule has 0 aromatic heterocycles. The largest absolute Gasteiger partial charge is 0.481 e. The van der Waals surface area contributed by atoms with Crippen LogP contribution in [-0.2, 0) is 9.59 Å². The fourth-order valence-corrected chi connectivity index (χ4v) is 5.54. The highest BCUT2D eigenvalue weighted by atomic mass is 79.9. The standard InChI is InChI=1S/C28H32BrN3O5/c1-18-7-9-20(10-8-18)27(36)31-15-16-32(28(37)21-11-13-22(29)14-12-21)26(31)25(35)30-23(17-24(33)34)19-5-3-2-4-6-19/h7-14,19,23,26H,2-6,15-17H2,1H3,(H,30,35)(H,33,34). The van der Waals surface area contributed by atoms with E-state index < -0.39 is 24.1 Å². The summed E-state index contributed by atoms with van der Waals surface area (Å²) in [4.78, 5) is 55.2. The normalized spacial score (nSPS) is 18.9. The fraction of sp³-hybridized carbons (Fsp3) is 0.429. The van der Waals surface area contributed by atoms with Crippen LogP contribution in [0.3, 0.4) is 0 Å². The number of rotatable bonds is 7. The van der Waals surface area contributed by atoms with Gasteiger partial charge in [0.05, 0.1) is 6.42 Å². The summed E-state index contributed by atoms with van der Waals surface area (Å²) in [7, 11) is 0. The molecule has 4 rings (SSSR count). The summed E-state index contributed by atoms with van der Waals surface area (Å²) < 4.78 is 0.819. The monoisotopic (exact) mass is 569 g/mol. The number of carboxylic acids is 1. The highest BCUT2D eigenvalue weighted by Gasteiger charge is 2.44. The van der Waals surface area contributed by atoms with E-state index in [0.717, 1.165) is 42.1 Å². The van der Waals surface area contributed by atoms with E-state index in [1.54, 1.807) is 36.4 Å². The summed E-state index contributed by atoms with van der Waals surface area (Å²) in [6, 6.07) is 13.3. The highest BCUT2D eigenvalue weighted by Crippen LogP contribution is 2.29. The zero-order valence-electron chi connectivity index (χ0n) is 20.9. The zero-order valence-corrected chi connectivity index (χ0v) is 22.4. The molecular formula is C28H32BrN3O5. The van der Waals surface area contributed by atoms with E-state index in [9.17, 15) is 24.3 Å². The number of carbonyl (C=O) groups excluding carboxylic acids is 3. The lowest BCUT2D eigenvalue weighted by molar-refractivity contribution is -0.138. The third-order valence-electron chi connectivity index (χ3n) is 7.26. The average molecular weight is 570 g/mol. The van der Waals surface area contributed by atoms with Gasteiger partial charge in [-0.3, -0.25) is 19.2 Å². The van der Waals surface area contributed by atoms with Crippen molar-refractivity contribution in [2.45, 2.75) is 57.7 Å². The quantitative estimate of drug-likeness (QED) is 0.519. The molecule has 1 saturated carbocycles. The van der Waals surface area contributed by atoms with E-state index in [0.29, 0.717) is 11.1 Å². The number of carboxylic acid groups (broad SMARTS) is 1. The molecule has 196 valence electrons. The van der Waals surface area contributed by atoms with Crippen molar-refractivity contribution in [1.82, 2.24) is 15.1 Å². The predicted molar refractivity (Wildman–Crippen MR) is 142 cm³/mol. The molecule has 1 aliphatic heterocycles. The smallest absolute Gasteiger partial charge is 0.305 e. The highest BCUT2D eigenvalue weighted by molar-refractivity contribution is 9.10. The summed E-state index contributed by atoms with van der Waals surface area (Å²) in [5.41, 5.74) is 1.83. The Kier molecular flexibility index (Phi) is 8.63. The summed E-state index contributed by atoms with van der Waals surface area (Å²) >= 11 is 3.37. The molecular weight excluding hydrogens is 538 g/mol. The Morgan fingerprint density at radius 3 is 1.92 bits per heavy atom. The molecule has 0 bridgehead atoms. The maximum absolute atomic E-state index is 13.8. The maximum atomic E-state index is 13.8. The summed E-state index contributed by atoms with van der Waals surface area (Å²) in [6.07, 6.45) is 3.40. The minimum atomic E-state index is -1.18. The van der Waals surface area contributed by atoms with Crippen LogP contribution < -0.4 is 5.32 Å². The van der Waals surface area contributed by atoms with Gasteiger partial charge in [0.2, 0.25) is 0 Å². The fourth-order valence-electron chi connectivity index (χ4n) is 5.27. The number of halogens is 1. The van der Waals surface area contributed by atoms with Gasteiger partial charge in [-0.05, 0) is 62.1 Å². The number of aliphatic carboxylic acids is 1. The Morgan fingerprint density at radius 1 is 0.892 bits per heavy atom. The van der Waals surface area contributed by atoms with E-state index in [-0.39, 0.29) is 37.2 Å². The van der Waals surface area contributed by atoms with Gasteiger partial charge in [-0.25, -0.2) is 0 Å². The number of benzene rings is 2. The molecule has 2 N–H and O–H groups in total. The lowest BCUT2D eigenvalue weighted by Crippen LogP contribution is -2.56. The van der Waals surface area contributed by atoms with Crippen molar-refractivity contribution in [3.63, 3.8) is 0 Å². The van der Waals surface area contributed by atoms with E-state index >= 15 is 0 Å². The minimum absolute atomic E-state index is 0.0482. The van der Waals surface area contributed by atoms with Crippen LogP contribution in [0.15, 0.2) is 53.0 Å². The van der Waals surface area contributed by atoms with Crippen LogP contribution in [0.1, 0.15) is 64.8 Å². The molecule has 8 nitrogen and oxygen atoms in total. The van der Waals surface area contributed by atoms with Crippen molar-refractivity contribution >= 4 is 39.6 Å². The molecule has 1 saturated heterocycles. The number of amides is 3. The topological polar surface area (TPSA) is 107 Å². The number of hydrogen-bond acceptors (Lipinski definition) is 4. The van der Waals surface area contributed by atoms with Crippen LogP contribution in [0.2, 0.25) is 0 Å². The molecule has 2 fully saturated rings. The van der Waals surface area contributed by atoms with Crippen molar-refractivity contribution in [2.24, 2.45) is 5.92 Å². The Labute approximate surface area is 225 Å². The first-order chi connectivity index (χ1) is 17.7. The van der Waals surface area contributed by atoms with Gasteiger partial charge in [0.25, 0.3) is 17.7 Å². The number of nitrogens with zero attached hydrogens (tertiary/aromatic N) is 2. The minimum Gasteiger partial charge on any atom is -0.481 e. The molecule has 2 aromatic carbocycles. The third kappa shape index (κ3) is 6.39. The van der Waals surface area contributed by atoms with Crippen LogP contribution >= 0.6 is 15.9 Å². The Bertz CT molecular complexity index is 1080. The first-order valence-corrected chi connectivity index (χ1v) is 13.5. The van der Waals surface area contributed by atoms with Gasteiger partial charge in [0.1, 0.15) is 0 Å². The van der Waals surface area contributed by atoms with Gasteiger partial charge >= 0.3 is 5.97 Å². The van der Waals surface area contributed by atoms with Crippen molar-refractivity contribution in [2.75, 3.05) is 13.1 Å². The van der Waals surface area contributed by atoms with Gasteiger partial charge in [-0.1, -0.05) is 52.9 Å². The van der Waals surface area contributed by atoms with Gasteiger partial charge in [-0.15, -0.1) is 0 Å². The molecule has 2 unspecified atom stereocenters. The van der Waals surface area contributed by atoms with Gasteiger partial charge < -0.3 is 20.2 Å². The average Bonchev–Trinajstić information content (AvgIpc) is 3.34. The molecule has 1 aliphatic carbocycles. The predicted octanol–water partition coefficient (Wildman–Crippen LogP) is 4.22. The Balaban J connectivity index is 1.63. The maximum Gasteiger partial charge on any atom is 0.305 e. The van der Waals surface area contributed by atoms with Crippen LogP contribution in [0, 0.1) is 12.8 Å². The molecule has 3 amide bonds. The second-order valence-electron chi connectivity index (χ2n) is 9.85. The number of aryl methyl sites for hydroxylation is 1. The molecule has 2 aromatic rings. The number of nitrogens with one attached hydrogen (secondary N) is 1.